The van der Waals surface area contributed by atoms with Crippen molar-refractivity contribution in [2.24, 2.45) is 0 Å². The maximum Gasteiger partial charge on any atom is 0.251 e. The average molecular weight is 443 g/mol. The van der Waals surface area contributed by atoms with Gasteiger partial charge in [0.15, 0.2) is 11.5 Å². The molecular formula is C25H26N6O2. The van der Waals surface area contributed by atoms with Crippen LogP contribution in [0.25, 0.3) is 28.2 Å². The molecule has 1 fully saturated rings. The van der Waals surface area contributed by atoms with Gasteiger partial charge < -0.3 is 15.7 Å². The van der Waals surface area contributed by atoms with Crippen molar-refractivity contribution in [3.05, 3.63) is 66.7 Å². The van der Waals surface area contributed by atoms with Gasteiger partial charge in [-0.3, -0.25) is 14.2 Å². The van der Waals surface area contributed by atoms with E-state index in [1.807, 2.05) is 47.0 Å². The number of aliphatic hydroxyl groups is 1. The molecule has 1 saturated carbocycles. The normalized spacial score (nSPS) is 13.8. The highest BCUT2D eigenvalue weighted by molar-refractivity contribution is 5.95. The lowest BCUT2D eigenvalue weighted by atomic mass is 10.1. The minimum absolute atomic E-state index is 0.0375. The van der Waals surface area contributed by atoms with Gasteiger partial charge in [-0.2, -0.15) is 0 Å². The zero-order valence-corrected chi connectivity index (χ0v) is 18.6. The fraction of sp³-hybridized carbons (Fsp3) is 0.280. The van der Waals surface area contributed by atoms with Crippen LogP contribution in [0.4, 0.5) is 5.82 Å². The van der Waals surface area contributed by atoms with Crippen LogP contribution in [0, 0.1) is 0 Å². The molecule has 0 atom stereocenters. The van der Waals surface area contributed by atoms with Gasteiger partial charge in [-0.15, -0.1) is 0 Å². The first-order valence-corrected chi connectivity index (χ1v) is 11.0. The number of anilines is 1. The number of imidazole rings is 1. The Hall–Kier alpha value is -3.78. The zero-order valence-electron chi connectivity index (χ0n) is 18.6. The van der Waals surface area contributed by atoms with Crippen molar-refractivity contribution in [3.8, 4) is 22.5 Å². The zero-order chi connectivity index (χ0) is 23.0. The maximum absolute atomic E-state index is 12.3. The first-order valence-electron chi connectivity index (χ1n) is 11.0. The molecule has 0 radical (unpaired) electrons. The van der Waals surface area contributed by atoms with Crippen LogP contribution >= 0.6 is 0 Å². The molecule has 0 spiro atoms. The molecular weight excluding hydrogens is 416 g/mol. The second-order valence-corrected chi connectivity index (χ2v) is 9.04. The van der Waals surface area contributed by atoms with Crippen molar-refractivity contribution in [2.75, 3.05) is 11.9 Å². The van der Waals surface area contributed by atoms with Crippen molar-refractivity contribution < 1.29 is 9.90 Å². The molecule has 33 heavy (non-hydrogen) atoms. The molecule has 5 rings (SSSR count). The molecule has 0 aliphatic heterocycles. The van der Waals surface area contributed by atoms with Gasteiger partial charge in [0.25, 0.3) is 5.91 Å². The van der Waals surface area contributed by atoms with Gasteiger partial charge in [-0.05, 0) is 51.0 Å². The number of rotatable bonds is 7. The predicted molar refractivity (Wildman–Crippen MR) is 127 cm³/mol. The number of amides is 1. The molecule has 3 N–H and O–H groups in total. The summed E-state index contributed by atoms with van der Waals surface area (Å²) in [5, 5.41) is 16.4. The minimum Gasteiger partial charge on any atom is -0.389 e. The summed E-state index contributed by atoms with van der Waals surface area (Å²) < 4.78 is 1.98. The number of carbonyl (C=O) groups is 1. The third-order valence-corrected chi connectivity index (χ3v) is 5.51. The second kappa shape index (κ2) is 8.29. The van der Waals surface area contributed by atoms with E-state index in [4.69, 9.17) is 4.98 Å². The monoisotopic (exact) mass is 442 g/mol. The first kappa shape index (κ1) is 21.1. The van der Waals surface area contributed by atoms with Crippen LogP contribution in [0.5, 0.6) is 0 Å². The molecule has 0 bridgehead atoms. The number of hydrogen-bond donors (Lipinski definition) is 3. The van der Waals surface area contributed by atoms with Crippen LogP contribution in [0.1, 0.15) is 37.0 Å². The van der Waals surface area contributed by atoms with Crippen LogP contribution in [0.2, 0.25) is 0 Å². The van der Waals surface area contributed by atoms with Crippen molar-refractivity contribution in [1.82, 2.24) is 24.7 Å². The molecule has 3 heterocycles. The van der Waals surface area contributed by atoms with E-state index < -0.39 is 5.60 Å². The Morgan fingerprint density at radius 3 is 2.52 bits per heavy atom. The first-order chi connectivity index (χ1) is 15.9. The molecule has 3 aromatic heterocycles. The highest BCUT2D eigenvalue weighted by Gasteiger charge is 2.24. The van der Waals surface area contributed by atoms with Gasteiger partial charge >= 0.3 is 0 Å². The van der Waals surface area contributed by atoms with Crippen LogP contribution in [0.15, 0.2) is 61.2 Å². The third kappa shape index (κ3) is 4.70. The fourth-order valence-electron chi connectivity index (χ4n) is 3.57. The number of fused-ring (bicyclic) bond motifs is 1. The Balaban J connectivity index is 1.54. The number of carbonyl (C=O) groups excluding carboxylic acids is 1. The standard InChI is InChI=1S/C25H26N6O2/c1-25(2,33)15-28-22-23-27-13-21(31(23)14-20(30-22)16-9-11-26-12-10-16)17-3-5-18(6-4-17)24(32)29-19-7-8-19/h3-6,9-14,19,33H,7-8,15H2,1-2H3,(H,28,30)(H,29,32). The maximum atomic E-state index is 12.3. The summed E-state index contributed by atoms with van der Waals surface area (Å²) in [7, 11) is 0. The molecule has 0 unspecified atom stereocenters. The predicted octanol–water partition coefficient (Wildman–Crippen LogP) is 3.53. The Morgan fingerprint density at radius 1 is 1.12 bits per heavy atom. The summed E-state index contributed by atoms with van der Waals surface area (Å²) in [6.07, 6.45) is 9.31. The third-order valence-electron chi connectivity index (χ3n) is 5.51. The number of nitrogens with one attached hydrogen (secondary N) is 2. The summed E-state index contributed by atoms with van der Waals surface area (Å²) >= 11 is 0. The quantitative estimate of drug-likeness (QED) is 0.404. The van der Waals surface area contributed by atoms with Gasteiger partial charge in [-0.1, -0.05) is 12.1 Å². The van der Waals surface area contributed by atoms with Crippen LogP contribution < -0.4 is 10.6 Å². The summed E-state index contributed by atoms with van der Waals surface area (Å²) in [5.41, 5.74) is 3.88. The van der Waals surface area contributed by atoms with Crippen LogP contribution in [-0.4, -0.2) is 48.6 Å². The van der Waals surface area contributed by atoms with E-state index in [-0.39, 0.29) is 5.91 Å². The molecule has 0 saturated heterocycles. The highest BCUT2D eigenvalue weighted by atomic mass is 16.3. The molecule has 1 aliphatic carbocycles. The lowest BCUT2D eigenvalue weighted by Crippen LogP contribution is -2.29. The lowest BCUT2D eigenvalue weighted by Gasteiger charge is -2.19. The van der Waals surface area contributed by atoms with Gasteiger partial charge in [0.1, 0.15) is 0 Å². The number of pyridine rings is 1. The molecule has 8 nitrogen and oxygen atoms in total. The number of benzene rings is 1. The summed E-state index contributed by atoms with van der Waals surface area (Å²) in [6, 6.07) is 11.7. The SMILES string of the molecule is CC(C)(O)CNc1nc(-c2ccncc2)cn2c(-c3ccc(C(=O)NC4CC4)cc3)cnc12. The van der Waals surface area contributed by atoms with E-state index in [1.165, 1.54) is 0 Å². The van der Waals surface area contributed by atoms with Crippen LogP contribution in [0.3, 0.4) is 0 Å². The van der Waals surface area contributed by atoms with Gasteiger partial charge in [-0.25, -0.2) is 9.97 Å². The number of hydrogen-bond acceptors (Lipinski definition) is 6. The van der Waals surface area contributed by atoms with E-state index in [2.05, 4.69) is 20.6 Å². The lowest BCUT2D eigenvalue weighted by molar-refractivity contribution is 0.0940. The average Bonchev–Trinajstić information content (AvgIpc) is 3.52. The summed E-state index contributed by atoms with van der Waals surface area (Å²) in [4.78, 5) is 25.8. The Kier molecular flexibility index (Phi) is 5.30. The van der Waals surface area contributed by atoms with Crippen molar-refractivity contribution in [1.29, 1.82) is 0 Å². The number of nitrogens with zero attached hydrogens (tertiary/aromatic N) is 4. The highest BCUT2D eigenvalue weighted by Crippen LogP contribution is 2.28. The van der Waals surface area contributed by atoms with E-state index in [9.17, 15) is 9.90 Å². The Bertz CT molecular complexity index is 1290. The molecule has 1 aliphatic rings. The largest absolute Gasteiger partial charge is 0.389 e. The van der Waals surface area contributed by atoms with Crippen molar-refractivity contribution >= 4 is 17.4 Å². The van der Waals surface area contributed by atoms with Gasteiger partial charge in [0.05, 0.1) is 23.2 Å². The van der Waals surface area contributed by atoms with Crippen molar-refractivity contribution in [3.63, 3.8) is 0 Å². The summed E-state index contributed by atoms with van der Waals surface area (Å²) in [5.74, 6) is 0.544. The van der Waals surface area contributed by atoms with Crippen molar-refractivity contribution in [2.45, 2.75) is 38.3 Å². The molecule has 1 aromatic carbocycles. The van der Waals surface area contributed by atoms with Gasteiger partial charge in [0, 0.05) is 47.9 Å². The fourth-order valence-corrected chi connectivity index (χ4v) is 3.57. The molecule has 1 amide bonds. The Labute approximate surface area is 191 Å². The number of aromatic nitrogens is 4. The smallest absolute Gasteiger partial charge is 0.251 e. The topological polar surface area (TPSA) is 104 Å². The molecule has 4 aromatic rings. The van der Waals surface area contributed by atoms with E-state index in [0.717, 1.165) is 35.4 Å². The Morgan fingerprint density at radius 2 is 1.85 bits per heavy atom. The van der Waals surface area contributed by atoms with E-state index >= 15 is 0 Å². The minimum atomic E-state index is -0.905. The second-order valence-electron chi connectivity index (χ2n) is 9.04. The molecule has 168 valence electrons. The van der Waals surface area contributed by atoms with Gasteiger partial charge in [0.2, 0.25) is 0 Å². The summed E-state index contributed by atoms with van der Waals surface area (Å²) in [6.45, 7) is 3.80. The molecule has 8 heteroatoms. The van der Waals surface area contributed by atoms with E-state index in [1.54, 1.807) is 32.4 Å². The van der Waals surface area contributed by atoms with Crippen LogP contribution in [-0.2, 0) is 0 Å². The van der Waals surface area contributed by atoms with E-state index in [0.29, 0.717) is 29.6 Å².